The minimum atomic E-state index is -4.56. The first kappa shape index (κ1) is 30.6. The monoisotopic (exact) mass is 515 g/mol. The van der Waals surface area contributed by atoms with Crippen molar-refractivity contribution in [3.63, 3.8) is 0 Å². The van der Waals surface area contributed by atoms with Gasteiger partial charge >= 0.3 is 6.09 Å². The number of nitrogens with one attached hydrogen (secondary N) is 1. The Morgan fingerprint density at radius 2 is 1.59 bits per heavy atom. The second kappa shape index (κ2) is 11.1. The molecule has 7 nitrogen and oxygen atoms in total. The molecule has 0 heterocycles. The topological polar surface area (TPSA) is 102 Å². The van der Waals surface area contributed by atoms with E-state index in [-0.39, 0.29) is 23.8 Å². The molecule has 0 bridgehead atoms. The van der Waals surface area contributed by atoms with Gasteiger partial charge in [0.15, 0.2) is 8.32 Å². The van der Waals surface area contributed by atoms with Crippen LogP contribution in [0.4, 0.5) is 4.79 Å². The molecule has 1 aromatic rings. The van der Waals surface area contributed by atoms with E-state index in [1.807, 2.05) is 37.3 Å². The molecule has 0 fully saturated rings. The standard InChI is InChI=1S/C25H45NO6SSi/c1-19(18-31-34(9,10)24(5,6)7)17-25(8,33(28,29)30)21(16-20-14-12-11-13-15-20)26-22(27)32-23(2,3)4/h11-15,19,21H,16-18H2,1-10H3,(H,26,27)(H,28,29,30). The van der Waals surface area contributed by atoms with Crippen molar-refractivity contribution < 1.29 is 26.9 Å². The molecule has 0 saturated carbocycles. The molecule has 3 unspecified atom stereocenters. The number of carbonyl (C=O) groups is 1. The van der Waals surface area contributed by atoms with Crippen LogP contribution in [-0.2, 0) is 25.7 Å². The predicted molar refractivity (Wildman–Crippen MR) is 140 cm³/mol. The van der Waals surface area contributed by atoms with Gasteiger partial charge in [-0.3, -0.25) is 4.55 Å². The molecule has 0 radical (unpaired) electrons. The molecule has 1 aromatic carbocycles. The van der Waals surface area contributed by atoms with Gasteiger partial charge in [0, 0.05) is 6.61 Å². The average molecular weight is 516 g/mol. The van der Waals surface area contributed by atoms with E-state index < -0.39 is 40.9 Å². The Balaban J connectivity index is 3.26. The fourth-order valence-corrected chi connectivity index (χ4v) is 5.60. The van der Waals surface area contributed by atoms with Crippen molar-refractivity contribution in [2.24, 2.45) is 5.92 Å². The lowest BCUT2D eigenvalue weighted by Gasteiger charge is -2.40. The maximum Gasteiger partial charge on any atom is 0.407 e. The van der Waals surface area contributed by atoms with E-state index in [2.05, 4.69) is 39.2 Å². The molecule has 0 aliphatic rings. The Hall–Kier alpha value is -1.42. The Morgan fingerprint density at radius 3 is 2.03 bits per heavy atom. The van der Waals surface area contributed by atoms with Crippen LogP contribution in [0.5, 0.6) is 0 Å². The van der Waals surface area contributed by atoms with Crippen LogP contribution in [0.25, 0.3) is 0 Å². The first-order valence-electron chi connectivity index (χ1n) is 11.8. The van der Waals surface area contributed by atoms with Crippen molar-refractivity contribution in [3.05, 3.63) is 35.9 Å². The molecule has 1 amide bonds. The van der Waals surface area contributed by atoms with Gasteiger partial charge in [0.05, 0.1) is 6.04 Å². The summed E-state index contributed by atoms with van der Waals surface area (Å²) >= 11 is 0. The molecule has 196 valence electrons. The predicted octanol–water partition coefficient (Wildman–Crippen LogP) is 5.82. The van der Waals surface area contributed by atoms with Crippen molar-refractivity contribution in [3.8, 4) is 0 Å². The smallest absolute Gasteiger partial charge is 0.407 e. The van der Waals surface area contributed by atoms with Crippen LogP contribution >= 0.6 is 0 Å². The van der Waals surface area contributed by atoms with Gasteiger partial charge in [-0.05, 0) is 70.2 Å². The Bertz CT molecular complexity index is 906. The summed E-state index contributed by atoms with van der Waals surface area (Å²) in [6, 6.07) is 8.36. The van der Waals surface area contributed by atoms with Gasteiger partial charge < -0.3 is 14.5 Å². The highest BCUT2D eigenvalue weighted by Gasteiger charge is 2.48. The minimum Gasteiger partial charge on any atom is -0.444 e. The van der Waals surface area contributed by atoms with Crippen LogP contribution < -0.4 is 5.32 Å². The molecule has 1 rings (SSSR count). The third-order valence-corrected chi connectivity index (χ3v) is 12.7. The minimum absolute atomic E-state index is 0.0210. The van der Waals surface area contributed by atoms with E-state index in [9.17, 15) is 17.8 Å². The summed E-state index contributed by atoms with van der Waals surface area (Å²) in [6.07, 6.45) is -0.409. The highest BCUT2D eigenvalue weighted by Crippen LogP contribution is 2.38. The summed E-state index contributed by atoms with van der Waals surface area (Å²) in [6.45, 7) is 19.7. The van der Waals surface area contributed by atoms with Crippen molar-refractivity contribution in [2.45, 2.75) is 103 Å². The molecule has 3 atom stereocenters. The fourth-order valence-electron chi connectivity index (χ4n) is 3.46. The second-order valence-electron chi connectivity index (χ2n) is 12.1. The molecule has 0 spiro atoms. The number of ether oxygens (including phenoxy) is 1. The molecular weight excluding hydrogens is 470 g/mol. The van der Waals surface area contributed by atoms with E-state index in [0.717, 1.165) is 5.56 Å². The fraction of sp³-hybridized carbons (Fsp3) is 0.720. The number of alkyl carbamates (subject to hydrolysis) is 1. The largest absolute Gasteiger partial charge is 0.444 e. The summed E-state index contributed by atoms with van der Waals surface area (Å²) in [7, 11) is -6.60. The van der Waals surface area contributed by atoms with E-state index >= 15 is 0 Å². The first-order chi connectivity index (χ1) is 15.2. The second-order valence-corrected chi connectivity index (χ2v) is 18.7. The summed E-state index contributed by atoms with van der Waals surface area (Å²) in [5.74, 6) is -0.181. The van der Waals surface area contributed by atoms with Crippen LogP contribution in [0.2, 0.25) is 18.1 Å². The first-order valence-corrected chi connectivity index (χ1v) is 16.2. The van der Waals surface area contributed by atoms with Crippen LogP contribution in [0.3, 0.4) is 0 Å². The number of carbonyl (C=O) groups excluding carboxylic acids is 1. The number of amides is 1. The Labute approximate surface area is 207 Å². The van der Waals surface area contributed by atoms with Gasteiger partial charge in [0.2, 0.25) is 0 Å². The zero-order chi connectivity index (χ0) is 26.6. The van der Waals surface area contributed by atoms with Crippen LogP contribution in [0.15, 0.2) is 30.3 Å². The van der Waals surface area contributed by atoms with Gasteiger partial charge in [-0.25, -0.2) is 4.79 Å². The summed E-state index contributed by atoms with van der Waals surface area (Å²) in [4.78, 5) is 12.7. The maximum atomic E-state index is 12.8. The lowest BCUT2D eigenvalue weighted by atomic mass is 9.87. The average Bonchev–Trinajstić information content (AvgIpc) is 2.63. The van der Waals surface area contributed by atoms with E-state index in [1.165, 1.54) is 6.92 Å². The molecule has 2 N–H and O–H groups in total. The molecule has 0 aliphatic heterocycles. The van der Waals surface area contributed by atoms with Crippen molar-refractivity contribution in [1.82, 2.24) is 5.32 Å². The summed E-state index contributed by atoms with van der Waals surface area (Å²) in [5.41, 5.74) is 0.0868. The van der Waals surface area contributed by atoms with Gasteiger partial charge in [0.1, 0.15) is 10.3 Å². The number of hydrogen-bond donors (Lipinski definition) is 2. The van der Waals surface area contributed by atoms with Crippen molar-refractivity contribution >= 4 is 24.5 Å². The quantitative estimate of drug-likeness (QED) is 0.301. The summed E-state index contributed by atoms with van der Waals surface area (Å²) < 4.78 is 46.0. The SMILES string of the molecule is CC(CO[Si](C)(C)C(C)(C)C)CC(C)(C(Cc1ccccc1)NC(=O)OC(C)(C)C)S(=O)(=O)O. The molecule has 34 heavy (non-hydrogen) atoms. The number of hydrogen-bond acceptors (Lipinski definition) is 5. The van der Waals surface area contributed by atoms with Gasteiger partial charge in [-0.1, -0.05) is 58.0 Å². The lowest BCUT2D eigenvalue weighted by Crippen LogP contribution is -2.58. The highest BCUT2D eigenvalue weighted by molar-refractivity contribution is 7.87. The summed E-state index contributed by atoms with van der Waals surface area (Å²) in [5, 5.41) is 2.76. The van der Waals surface area contributed by atoms with Gasteiger partial charge in [0.25, 0.3) is 10.1 Å². The highest BCUT2D eigenvalue weighted by atomic mass is 32.2. The Kier molecular flexibility index (Phi) is 9.99. The van der Waals surface area contributed by atoms with Gasteiger partial charge in [-0.15, -0.1) is 0 Å². The van der Waals surface area contributed by atoms with Crippen LogP contribution in [0, 0.1) is 5.92 Å². The van der Waals surface area contributed by atoms with E-state index in [4.69, 9.17) is 9.16 Å². The van der Waals surface area contributed by atoms with E-state index in [1.54, 1.807) is 20.8 Å². The van der Waals surface area contributed by atoms with Crippen molar-refractivity contribution in [2.75, 3.05) is 6.61 Å². The van der Waals surface area contributed by atoms with Crippen LogP contribution in [0.1, 0.15) is 67.4 Å². The van der Waals surface area contributed by atoms with E-state index in [0.29, 0.717) is 6.61 Å². The lowest BCUT2D eigenvalue weighted by molar-refractivity contribution is 0.0487. The third-order valence-electron chi connectivity index (χ3n) is 6.59. The van der Waals surface area contributed by atoms with Gasteiger partial charge in [-0.2, -0.15) is 8.42 Å². The third kappa shape index (κ3) is 8.98. The number of benzene rings is 1. The normalized spacial score (nSPS) is 16.9. The van der Waals surface area contributed by atoms with Crippen molar-refractivity contribution in [1.29, 1.82) is 0 Å². The molecular formula is C25H45NO6SSi. The zero-order valence-corrected chi connectivity index (χ0v) is 24.4. The maximum absolute atomic E-state index is 12.8. The zero-order valence-electron chi connectivity index (χ0n) is 22.6. The van der Waals surface area contributed by atoms with Crippen LogP contribution in [-0.4, -0.2) is 50.4 Å². The Morgan fingerprint density at radius 1 is 1.06 bits per heavy atom. The molecule has 0 aliphatic carbocycles. The molecule has 9 heteroatoms. The molecule has 0 aromatic heterocycles. The molecule has 0 saturated heterocycles. The number of rotatable bonds is 10.